The summed E-state index contributed by atoms with van der Waals surface area (Å²) in [6.45, 7) is 4.67. The molecule has 37 heavy (non-hydrogen) atoms. The highest BCUT2D eigenvalue weighted by molar-refractivity contribution is 7.51. The van der Waals surface area contributed by atoms with Gasteiger partial charge >= 0.3 is 17.7 Å². The Hall–Kier alpha value is -2.60. The topological polar surface area (TPSA) is 99.5 Å². The highest BCUT2D eigenvalue weighted by atomic mass is 35.5. The molecule has 2 aromatic rings. The number of hydrogen-bond donors (Lipinski definition) is 1. The van der Waals surface area contributed by atoms with E-state index in [1.54, 1.807) is 16.8 Å². The number of alkyl halides is 3. The number of aromatic nitrogens is 2. The Bertz CT molecular complexity index is 1080. The van der Waals surface area contributed by atoms with Crippen LogP contribution < -0.4 is 14.8 Å². The van der Waals surface area contributed by atoms with Gasteiger partial charge < -0.3 is 14.8 Å². The lowest BCUT2D eigenvalue weighted by molar-refractivity contribution is -0.139. The monoisotopic (exact) mass is 565 g/mol. The quantitative estimate of drug-likeness (QED) is 0.434. The third-order valence-corrected chi connectivity index (χ3v) is 6.54. The number of nitrogens with one attached hydrogen (secondary N) is 1. The van der Waals surface area contributed by atoms with Gasteiger partial charge in [-0.2, -0.15) is 26.7 Å². The Labute approximate surface area is 222 Å². The number of hydrogen-bond acceptors (Lipinski definition) is 6. The zero-order valence-corrected chi connectivity index (χ0v) is 22.5. The fourth-order valence-electron chi connectivity index (χ4n) is 4.17. The Balaban J connectivity index is 0.00000153. The van der Waals surface area contributed by atoms with Gasteiger partial charge in [-0.05, 0) is 43.7 Å². The summed E-state index contributed by atoms with van der Waals surface area (Å²) in [4.78, 5) is 12.9. The first-order valence-electron chi connectivity index (χ1n) is 11.9. The van der Waals surface area contributed by atoms with Crippen molar-refractivity contribution in [2.75, 3.05) is 20.3 Å². The van der Waals surface area contributed by atoms with E-state index in [-0.39, 0.29) is 22.4 Å². The summed E-state index contributed by atoms with van der Waals surface area (Å²) in [6, 6.07) is 4.68. The molecule has 1 aliphatic rings. The van der Waals surface area contributed by atoms with Gasteiger partial charge in [0.1, 0.15) is 11.5 Å². The van der Waals surface area contributed by atoms with E-state index in [1.807, 2.05) is 6.92 Å². The number of rotatable bonds is 9. The second-order valence-corrected chi connectivity index (χ2v) is 9.32. The Morgan fingerprint density at radius 2 is 1.89 bits per heavy atom. The summed E-state index contributed by atoms with van der Waals surface area (Å²) in [6.07, 6.45) is -0.810. The van der Waals surface area contributed by atoms with E-state index in [0.29, 0.717) is 36.0 Å². The molecule has 0 radical (unpaired) electrons. The number of halogens is 4. The first-order valence-corrected chi connectivity index (χ1v) is 12.9. The molecule has 0 atom stereocenters. The van der Waals surface area contributed by atoms with Gasteiger partial charge in [-0.15, -0.1) is 0 Å². The molecule has 0 spiro atoms. The normalized spacial score (nSPS) is 17.4. The summed E-state index contributed by atoms with van der Waals surface area (Å²) in [5, 5.41) is 7.58. The molecule has 1 fully saturated rings. The van der Waals surface area contributed by atoms with Crippen molar-refractivity contribution in [3.63, 3.8) is 0 Å². The minimum atomic E-state index is -4.29. The van der Waals surface area contributed by atoms with Crippen molar-refractivity contribution < 1.29 is 35.9 Å². The van der Waals surface area contributed by atoms with Gasteiger partial charge in [0.2, 0.25) is 0 Å². The fraction of sp³-hybridized carbons (Fsp3) is 0.583. The lowest BCUT2D eigenvalue weighted by Gasteiger charge is -2.26. The smallest absolute Gasteiger partial charge is 0.392 e. The summed E-state index contributed by atoms with van der Waals surface area (Å²) >= 11 is 5.87. The number of amides is 1. The zero-order valence-electron chi connectivity index (χ0n) is 20.9. The average molecular weight is 566 g/mol. The third kappa shape index (κ3) is 9.03. The maximum absolute atomic E-state index is 12.9. The zero-order chi connectivity index (χ0) is 27.6. The summed E-state index contributed by atoms with van der Waals surface area (Å²) in [7, 11) is 1.44. The van der Waals surface area contributed by atoms with Crippen LogP contribution >= 0.6 is 11.6 Å². The molecule has 1 aromatic heterocycles. The number of carbonyl (C=O) groups is 1. The molecule has 0 saturated heterocycles. The van der Waals surface area contributed by atoms with E-state index in [1.165, 1.54) is 26.0 Å². The molecule has 1 aliphatic carbocycles. The van der Waals surface area contributed by atoms with E-state index in [9.17, 15) is 18.0 Å². The highest BCUT2D eigenvalue weighted by Gasteiger charge is 2.28. The summed E-state index contributed by atoms with van der Waals surface area (Å²) in [5.41, 5.74) is 1.19. The molecule has 0 aliphatic heterocycles. The van der Waals surface area contributed by atoms with Crippen molar-refractivity contribution in [3.05, 3.63) is 28.9 Å². The maximum Gasteiger partial charge on any atom is 0.392 e. The number of carbonyl (C=O) groups excluding carboxylic acids is 1. The molecule has 1 saturated carbocycles. The minimum Gasteiger partial charge on any atom is -0.496 e. The number of nitrogens with zero attached hydrogens (tertiary/aromatic N) is 2. The number of ether oxygens (including phenoxy) is 2. The predicted molar refractivity (Wildman–Crippen MR) is 133 cm³/mol. The molecular formula is C24H31ClF3N3O5S. The van der Waals surface area contributed by atoms with Gasteiger partial charge in [-0.25, -0.2) is 0 Å². The second-order valence-electron chi connectivity index (χ2n) is 8.81. The largest absolute Gasteiger partial charge is 0.496 e. The van der Waals surface area contributed by atoms with Crippen molar-refractivity contribution in [3.8, 4) is 22.8 Å². The van der Waals surface area contributed by atoms with Crippen LogP contribution in [0.5, 0.6) is 11.5 Å². The summed E-state index contributed by atoms with van der Waals surface area (Å²) < 4.78 is 66.1. The molecule has 8 nitrogen and oxygen atoms in total. The van der Waals surface area contributed by atoms with Crippen LogP contribution in [0.3, 0.4) is 0 Å². The van der Waals surface area contributed by atoms with Gasteiger partial charge in [0.25, 0.3) is 5.91 Å². The molecule has 1 heterocycles. The average Bonchev–Trinajstić information content (AvgIpc) is 3.19. The number of aryl methyl sites for hydroxylation is 1. The standard InChI is InChI=1S/C24H31ClF3N3O3.O2S/c1-4-31-22(18-10-9-17(13-19(18)33-3)34-12-11-24(26,27)28)20(25)21(30-31)23(32)29-14-16-7-5-15(2)6-8-16;1-3-2/h9-10,13,15-16H,4-8,11-12,14H2,1-3H3,(H,29,32);. The maximum atomic E-state index is 12.9. The first kappa shape index (κ1) is 30.6. The number of benzene rings is 1. The van der Waals surface area contributed by atoms with Crippen LogP contribution in [0.25, 0.3) is 11.3 Å². The summed E-state index contributed by atoms with van der Waals surface area (Å²) in [5.74, 6) is 1.45. The van der Waals surface area contributed by atoms with E-state index in [0.717, 1.165) is 18.8 Å². The van der Waals surface area contributed by atoms with Crippen molar-refractivity contribution in [1.82, 2.24) is 15.1 Å². The van der Waals surface area contributed by atoms with Gasteiger partial charge in [-0.1, -0.05) is 31.4 Å². The van der Waals surface area contributed by atoms with Crippen LogP contribution in [0.15, 0.2) is 18.2 Å². The Morgan fingerprint density at radius 1 is 1.24 bits per heavy atom. The number of methoxy groups -OCH3 is 1. The van der Waals surface area contributed by atoms with Gasteiger partial charge in [0.05, 0.1) is 30.9 Å². The highest BCUT2D eigenvalue weighted by Crippen LogP contribution is 2.39. The van der Waals surface area contributed by atoms with E-state index in [2.05, 4.69) is 17.3 Å². The van der Waals surface area contributed by atoms with Gasteiger partial charge in [-0.3, -0.25) is 9.48 Å². The fourth-order valence-corrected chi connectivity index (χ4v) is 4.49. The SMILES string of the molecule is CCn1nc(C(=O)NCC2CCC(C)CC2)c(Cl)c1-c1ccc(OCCC(F)(F)F)cc1OC.O=S=O. The van der Waals surface area contributed by atoms with Crippen molar-refractivity contribution in [2.24, 2.45) is 11.8 Å². The Morgan fingerprint density at radius 3 is 2.46 bits per heavy atom. The molecule has 13 heteroatoms. The molecule has 206 valence electrons. The van der Waals surface area contributed by atoms with E-state index >= 15 is 0 Å². The van der Waals surface area contributed by atoms with Crippen LogP contribution in [-0.4, -0.2) is 50.5 Å². The van der Waals surface area contributed by atoms with Crippen LogP contribution in [-0.2, 0) is 18.1 Å². The molecule has 1 aromatic carbocycles. The van der Waals surface area contributed by atoms with Crippen LogP contribution in [0.4, 0.5) is 13.2 Å². The van der Waals surface area contributed by atoms with Gasteiger partial charge in [0.15, 0.2) is 5.69 Å². The minimum absolute atomic E-state index is 0.134. The van der Waals surface area contributed by atoms with E-state index in [4.69, 9.17) is 29.5 Å². The van der Waals surface area contributed by atoms with Crippen LogP contribution in [0.2, 0.25) is 5.02 Å². The van der Waals surface area contributed by atoms with E-state index < -0.39 is 30.8 Å². The Kier molecular flexibility index (Phi) is 11.9. The third-order valence-electron chi connectivity index (χ3n) is 6.18. The first-order chi connectivity index (χ1) is 17.5. The second kappa shape index (κ2) is 14.4. The molecule has 0 bridgehead atoms. The lowest BCUT2D eigenvalue weighted by Crippen LogP contribution is -2.31. The molecule has 0 unspecified atom stereocenters. The molecule has 1 N–H and O–H groups in total. The molecule has 1 amide bonds. The predicted octanol–water partition coefficient (Wildman–Crippen LogP) is 5.45. The lowest BCUT2D eigenvalue weighted by atomic mass is 9.83. The molecular weight excluding hydrogens is 535 g/mol. The van der Waals surface area contributed by atoms with Crippen molar-refractivity contribution in [1.29, 1.82) is 0 Å². The van der Waals surface area contributed by atoms with Gasteiger partial charge in [0, 0.05) is 24.7 Å². The van der Waals surface area contributed by atoms with Crippen LogP contribution in [0.1, 0.15) is 56.4 Å². The molecule has 3 rings (SSSR count). The van der Waals surface area contributed by atoms with Crippen molar-refractivity contribution in [2.45, 2.75) is 58.7 Å². The van der Waals surface area contributed by atoms with Crippen molar-refractivity contribution >= 4 is 29.1 Å². The van der Waals surface area contributed by atoms with Crippen LogP contribution in [0, 0.1) is 11.8 Å².